The smallest absolute Gasteiger partial charge is 0.142 e. The molecular formula is C15H18BrN3O. The number of ether oxygens (including phenoxy) is 1. The average molecular weight is 336 g/mol. The van der Waals surface area contributed by atoms with Gasteiger partial charge in [0.15, 0.2) is 0 Å². The van der Waals surface area contributed by atoms with Gasteiger partial charge in [0.1, 0.15) is 11.9 Å². The van der Waals surface area contributed by atoms with Crippen LogP contribution in [0.2, 0.25) is 0 Å². The highest BCUT2D eigenvalue weighted by molar-refractivity contribution is 9.10. The lowest BCUT2D eigenvalue weighted by molar-refractivity contribution is 0.145. The van der Waals surface area contributed by atoms with Crippen LogP contribution in [0.15, 0.2) is 35.2 Å². The van der Waals surface area contributed by atoms with Crippen molar-refractivity contribution in [3.05, 3.63) is 46.5 Å². The fraction of sp³-hybridized carbons (Fsp3) is 0.400. The van der Waals surface area contributed by atoms with Crippen molar-refractivity contribution in [2.24, 2.45) is 7.05 Å². The highest BCUT2D eigenvalue weighted by atomic mass is 79.9. The molecule has 1 N–H and O–H groups in total. The third kappa shape index (κ3) is 2.47. The molecule has 0 amide bonds. The van der Waals surface area contributed by atoms with Gasteiger partial charge in [0.25, 0.3) is 0 Å². The molecule has 2 heterocycles. The van der Waals surface area contributed by atoms with Gasteiger partial charge in [-0.05, 0) is 24.7 Å². The average Bonchev–Trinajstić information content (AvgIpc) is 2.85. The van der Waals surface area contributed by atoms with Gasteiger partial charge in [0, 0.05) is 29.5 Å². The molecule has 0 fully saturated rings. The number of imidazole rings is 1. The zero-order chi connectivity index (χ0) is 14.1. The van der Waals surface area contributed by atoms with E-state index in [4.69, 9.17) is 4.74 Å². The molecular weight excluding hydrogens is 318 g/mol. The Labute approximate surface area is 127 Å². The van der Waals surface area contributed by atoms with E-state index in [9.17, 15) is 0 Å². The van der Waals surface area contributed by atoms with Gasteiger partial charge in [-0.3, -0.25) is 0 Å². The van der Waals surface area contributed by atoms with Crippen LogP contribution in [-0.4, -0.2) is 16.1 Å². The molecule has 0 saturated heterocycles. The Bertz CT molecular complexity index is 611. The minimum Gasteiger partial charge on any atom is -0.484 e. The molecule has 1 aromatic carbocycles. The first-order chi connectivity index (χ1) is 9.69. The summed E-state index contributed by atoms with van der Waals surface area (Å²) in [6.07, 6.45) is 4.66. The van der Waals surface area contributed by atoms with E-state index in [1.807, 2.05) is 36.3 Å². The summed E-state index contributed by atoms with van der Waals surface area (Å²) in [5, 5.41) is 3.55. The van der Waals surface area contributed by atoms with Crippen LogP contribution in [0.25, 0.3) is 0 Å². The highest BCUT2D eigenvalue weighted by Crippen LogP contribution is 2.41. The van der Waals surface area contributed by atoms with Crippen LogP contribution in [0.3, 0.4) is 0 Å². The Balaban J connectivity index is 1.96. The maximum atomic E-state index is 6.17. The molecule has 2 atom stereocenters. The Hall–Kier alpha value is -1.33. The molecule has 5 heteroatoms. The van der Waals surface area contributed by atoms with E-state index in [2.05, 4.69) is 39.2 Å². The lowest BCUT2D eigenvalue weighted by atomic mass is 9.95. The molecule has 106 valence electrons. The van der Waals surface area contributed by atoms with Crippen LogP contribution in [0.5, 0.6) is 5.75 Å². The number of hydrogen-bond donors (Lipinski definition) is 1. The van der Waals surface area contributed by atoms with E-state index in [0.29, 0.717) is 6.04 Å². The number of rotatable bonds is 3. The first kappa shape index (κ1) is 13.6. The van der Waals surface area contributed by atoms with E-state index in [-0.39, 0.29) is 6.10 Å². The predicted molar refractivity (Wildman–Crippen MR) is 81.8 cm³/mol. The molecule has 0 saturated carbocycles. The van der Waals surface area contributed by atoms with Crippen molar-refractivity contribution in [2.75, 3.05) is 6.54 Å². The molecule has 1 aliphatic rings. The first-order valence-electron chi connectivity index (χ1n) is 6.84. The van der Waals surface area contributed by atoms with Crippen molar-refractivity contribution in [1.82, 2.24) is 14.9 Å². The minimum absolute atomic E-state index is 0.0419. The third-order valence-corrected chi connectivity index (χ3v) is 4.19. The van der Waals surface area contributed by atoms with Crippen LogP contribution in [0.4, 0.5) is 0 Å². The summed E-state index contributed by atoms with van der Waals surface area (Å²) in [6.45, 7) is 3.07. The number of nitrogens with one attached hydrogen (secondary N) is 1. The Kier molecular flexibility index (Phi) is 3.81. The van der Waals surface area contributed by atoms with E-state index < -0.39 is 0 Å². The van der Waals surface area contributed by atoms with Gasteiger partial charge in [-0.2, -0.15) is 0 Å². The van der Waals surface area contributed by atoms with Crippen LogP contribution in [-0.2, 0) is 7.05 Å². The van der Waals surface area contributed by atoms with Crippen LogP contribution >= 0.6 is 15.9 Å². The van der Waals surface area contributed by atoms with E-state index in [1.165, 1.54) is 5.56 Å². The van der Waals surface area contributed by atoms with Crippen molar-refractivity contribution >= 4 is 15.9 Å². The maximum Gasteiger partial charge on any atom is 0.142 e. The standard InChI is InChI=1S/C15H18BrN3O/c1-3-18-12-7-15(13-8-17-9-19(13)2)20-14-5-4-10(16)6-11(12)14/h4-6,8-9,12,15,18H,3,7H2,1-2H3. The van der Waals surface area contributed by atoms with Gasteiger partial charge >= 0.3 is 0 Å². The van der Waals surface area contributed by atoms with Gasteiger partial charge < -0.3 is 14.6 Å². The molecule has 0 aliphatic carbocycles. The predicted octanol–water partition coefficient (Wildman–Crippen LogP) is 3.36. The summed E-state index contributed by atoms with van der Waals surface area (Å²) in [5.41, 5.74) is 2.33. The molecule has 3 rings (SSSR count). The van der Waals surface area contributed by atoms with E-state index in [1.54, 1.807) is 0 Å². The van der Waals surface area contributed by atoms with Crippen molar-refractivity contribution < 1.29 is 4.74 Å². The molecule has 1 aromatic heterocycles. The fourth-order valence-electron chi connectivity index (χ4n) is 2.74. The number of aryl methyl sites for hydroxylation is 1. The second-order valence-electron chi connectivity index (χ2n) is 5.06. The molecule has 2 aromatic rings. The number of hydrogen-bond acceptors (Lipinski definition) is 3. The molecule has 2 unspecified atom stereocenters. The second-order valence-corrected chi connectivity index (χ2v) is 5.98. The number of aromatic nitrogens is 2. The SMILES string of the molecule is CCNC1CC(c2cncn2C)Oc2ccc(Br)cc21. The zero-order valence-electron chi connectivity index (χ0n) is 11.6. The topological polar surface area (TPSA) is 39.1 Å². The molecule has 0 bridgehead atoms. The van der Waals surface area contributed by atoms with Gasteiger partial charge in [-0.25, -0.2) is 4.98 Å². The molecule has 0 radical (unpaired) electrons. The summed E-state index contributed by atoms with van der Waals surface area (Å²) in [7, 11) is 2.01. The van der Waals surface area contributed by atoms with E-state index in [0.717, 1.165) is 28.9 Å². The summed E-state index contributed by atoms with van der Waals surface area (Å²) >= 11 is 3.54. The minimum atomic E-state index is 0.0419. The number of fused-ring (bicyclic) bond motifs is 1. The first-order valence-corrected chi connectivity index (χ1v) is 7.64. The number of benzene rings is 1. The Morgan fingerprint density at radius 3 is 3.05 bits per heavy atom. The summed E-state index contributed by atoms with van der Waals surface area (Å²) in [4.78, 5) is 4.19. The van der Waals surface area contributed by atoms with Gasteiger partial charge in [0.2, 0.25) is 0 Å². The van der Waals surface area contributed by atoms with Crippen LogP contribution in [0.1, 0.15) is 36.7 Å². The molecule has 1 aliphatic heterocycles. The molecule has 4 nitrogen and oxygen atoms in total. The third-order valence-electron chi connectivity index (χ3n) is 3.70. The fourth-order valence-corrected chi connectivity index (χ4v) is 3.12. The van der Waals surface area contributed by atoms with Gasteiger partial charge in [-0.1, -0.05) is 22.9 Å². The summed E-state index contributed by atoms with van der Waals surface area (Å²) in [5.74, 6) is 0.955. The maximum absolute atomic E-state index is 6.17. The van der Waals surface area contributed by atoms with Crippen LogP contribution < -0.4 is 10.1 Å². The highest BCUT2D eigenvalue weighted by Gasteiger charge is 2.30. The second kappa shape index (κ2) is 5.58. The summed E-state index contributed by atoms with van der Waals surface area (Å²) < 4.78 is 9.28. The monoisotopic (exact) mass is 335 g/mol. The zero-order valence-corrected chi connectivity index (χ0v) is 13.2. The molecule has 0 spiro atoms. The van der Waals surface area contributed by atoms with Crippen LogP contribution in [0, 0.1) is 0 Å². The normalized spacial score (nSPS) is 21.4. The van der Waals surface area contributed by atoms with Crippen molar-refractivity contribution in [3.63, 3.8) is 0 Å². The van der Waals surface area contributed by atoms with E-state index >= 15 is 0 Å². The molecule has 20 heavy (non-hydrogen) atoms. The lowest BCUT2D eigenvalue weighted by Gasteiger charge is -2.33. The van der Waals surface area contributed by atoms with Gasteiger partial charge in [-0.15, -0.1) is 0 Å². The van der Waals surface area contributed by atoms with Gasteiger partial charge in [0.05, 0.1) is 18.2 Å². The van der Waals surface area contributed by atoms with Crippen molar-refractivity contribution in [1.29, 1.82) is 0 Å². The number of halogens is 1. The largest absolute Gasteiger partial charge is 0.484 e. The quantitative estimate of drug-likeness (QED) is 0.934. The lowest BCUT2D eigenvalue weighted by Crippen LogP contribution is -2.29. The Morgan fingerprint density at radius 2 is 2.35 bits per heavy atom. The summed E-state index contributed by atoms with van der Waals surface area (Å²) in [6, 6.07) is 6.50. The number of nitrogens with zero attached hydrogens (tertiary/aromatic N) is 2. The van der Waals surface area contributed by atoms with Crippen molar-refractivity contribution in [2.45, 2.75) is 25.5 Å². The van der Waals surface area contributed by atoms with Crippen molar-refractivity contribution in [3.8, 4) is 5.75 Å². The Morgan fingerprint density at radius 1 is 1.50 bits per heavy atom.